The zero-order valence-corrected chi connectivity index (χ0v) is 13.5. The quantitative estimate of drug-likeness (QED) is 0.773. The minimum atomic E-state index is -4.78. The molecule has 5 nitrogen and oxygen atoms in total. The summed E-state index contributed by atoms with van der Waals surface area (Å²) < 4.78 is 41.7. The van der Waals surface area contributed by atoms with Crippen LogP contribution in [-0.2, 0) is 7.05 Å². The first-order chi connectivity index (χ1) is 12.2. The number of pyridine rings is 1. The highest BCUT2D eigenvalue weighted by molar-refractivity contribution is 6.12. The molecule has 134 valence electrons. The predicted molar refractivity (Wildman–Crippen MR) is 90.3 cm³/mol. The van der Waals surface area contributed by atoms with E-state index in [4.69, 9.17) is 0 Å². The number of hydrogen-bond donors (Lipinski definition) is 1. The number of amides is 1. The molecule has 0 unspecified atom stereocenters. The Morgan fingerprint density at radius 3 is 2.38 bits per heavy atom. The average molecular weight is 362 g/mol. The summed E-state index contributed by atoms with van der Waals surface area (Å²) >= 11 is 0. The SMILES string of the molecule is Cn1c(=O)cc(C(=O)Nc2ccc(OC(F)(F)F)cc2)c2ccccc21. The average Bonchev–Trinajstić information content (AvgIpc) is 2.58. The smallest absolute Gasteiger partial charge is 0.406 e. The number of carbonyl (C=O) groups is 1. The van der Waals surface area contributed by atoms with Crippen molar-refractivity contribution in [2.45, 2.75) is 6.36 Å². The van der Waals surface area contributed by atoms with Gasteiger partial charge in [-0.1, -0.05) is 18.2 Å². The van der Waals surface area contributed by atoms with Gasteiger partial charge >= 0.3 is 6.36 Å². The van der Waals surface area contributed by atoms with Crippen molar-refractivity contribution in [2.75, 3.05) is 5.32 Å². The molecule has 0 saturated carbocycles. The van der Waals surface area contributed by atoms with E-state index in [0.717, 1.165) is 12.1 Å². The van der Waals surface area contributed by atoms with Gasteiger partial charge in [0.1, 0.15) is 5.75 Å². The summed E-state index contributed by atoms with van der Waals surface area (Å²) in [6, 6.07) is 12.9. The third-order valence-corrected chi connectivity index (χ3v) is 3.74. The lowest BCUT2D eigenvalue weighted by molar-refractivity contribution is -0.274. The number of halogens is 3. The number of nitrogens with zero attached hydrogens (tertiary/aromatic N) is 1. The van der Waals surface area contributed by atoms with Crippen LogP contribution in [0.25, 0.3) is 10.9 Å². The Hall–Kier alpha value is -3.29. The summed E-state index contributed by atoms with van der Waals surface area (Å²) in [7, 11) is 1.60. The minimum absolute atomic E-state index is 0.180. The molecule has 3 aromatic rings. The van der Waals surface area contributed by atoms with Crippen LogP contribution in [-0.4, -0.2) is 16.8 Å². The van der Waals surface area contributed by atoms with E-state index in [1.165, 1.54) is 22.8 Å². The lowest BCUT2D eigenvalue weighted by Crippen LogP contribution is -2.21. The second kappa shape index (κ2) is 6.55. The minimum Gasteiger partial charge on any atom is -0.406 e. The summed E-state index contributed by atoms with van der Waals surface area (Å²) in [6.07, 6.45) is -4.78. The van der Waals surface area contributed by atoms with Crippen molar-refractivity contribution in [3.63, 3.8) is 0 Å². The molecule has 3 rings (SSSR count). The van der Waals surface area contributed by atoms with Crippen molar-refractivity contribution in [3.8, 4) is 5.75 Å². The molecule has 0 radical (unpaired) electrons. The molecule has 0 bridgehead atoms. The van der Waals surface area contributed by atoms with Crippen LogP contribution in [0.3, 0.4) is 0 Å². The first-order valence-electron chi connectivity index (χ1n) is 7.50. The van der Waals surface area contributed by atoms with E-state index in [1.807, 2.05) is 0 Å². The van der Waals surface area contributed by atoms with Crippen LogP contribution in [0.1, 0.15) is 10.4 Å². The Labute approximate surface area is 145 Å². The molecule has 0 spiro atoms. The number of hydrogen-bond acceptors (Lipinski definition) is 3. The fourth-order valence-electron chi connectivity index (χ4n) is 2.54. The fourth-order valence-corrected chi connectivity index (χ4v) is 2.54. The first kappa shape index (κ1) is 17.5. The van der Waals surface area contributed by atoms with Gasteiger partial charge in [0.25, 0.3) is 11.5 Å². The van der Waals surface area contributed by atoms with Crippen LogP contribution in [0.4, 0.5) is 18.9 Å². The maximum atomic E-state index is 12.5. The van der Waals surface area contributed by atoms with Gasteiger partial charge in [-0.2, -0.15) is 0 Å². The summed E-state index contributed by atoms with van der Waals surface area (Å²) in [6.45, 7) is 0. The fraction of sp³-hybridized carbons (Fsp3) is 0.111. The number of alkyl halides is 3. The van der Waals surface area contributed by atoms with E-state index in [2.05, 4.69) is 10.1 Å². The van der Waals surface area contributed by atoms with Crippen LogP contribution in [0.15, 0.2) is 59.4 Å². The van der Waals surface area contributed by atoms with E-state index in [9.17, 15) is 22.8 Å². The monoisotopic (exact) mass is 362 g/mol. The number of nitrogens with one attached hydrogen (secondary N) is 1. The molecule has 2 aromatic carbocycles. The van der Waals surface area contributed by atoms with Gasteiger partial charge in [0.15, 0.2) is 0 Å². The summed E-state index contributed by atoms with van der Waals surface area (Å²) in [5, 5.41) is 3.15. The van der Waals surface area contributed by atoms with Crippen molar-refractivity contribution in [2.24, 2.45) is 7.05 Å². The Balaban J connectivity index is 1.88. The van der Waals surface area contributed by atoms with E-state index in [0.29, 0.717) is 10.9 Å². The first-order valence-corrected chi connectivity index (χ1v) is 7.50. The van der Waals surface area contributed by atoms with Crippen LogP contribution in [0, 0.1) is 0 Å². The van der Waals surface area contributed by atoms with Crippen molar-refractivity contribution < 1.29 is 22.7 Å². The van der Waals surface area contributed by atoms with Gasteiger partial charge in [-0.15, -0.1) is 13.2 Å². The Morgan fingerprint density at radius 1 is 1.08 bits per heavy atom. The topological polar surface area (TPSA) is 60.3 Å². The van der Waals surface area contributed by atoms with Crippen LogP contribution in [0.2, 0.25) is 0 Å². The molecule has 1 N–H and O–H groups in total. The molecule has 0 saturated heterocycles. The number of rotatable bonds is 3. The van der Waals surface area contributed by atoms with Crippen molar-refractivity contribution in [1.82, 2.24) is 4.57 Å². The molecule has 0 atom stereocenters. The highest BCUT2D eigenvalue weighted by Gasteiger charge is 2.31. The lowest BCUT2D eigenvalue weighted by Gasteiger charge is -2.12. The van der Waals surface area contributed by atoms with Crippen molar-refractivity contribution >= 4 is 22.5 Å². The molecule has 0 aliphatic heterocycles. The normalized spacial score (nSPS) is 11.4. The van der Waals surface area contributed by atoms with E-state index in [-0.39, 0.29) is 16.8 Å². The molecular weight excluding hydrogens is 349 g/mol. The second-order valence-electron chi connectivity index (χ2n) is 5.50. The third-order valence-electron chi connectivity index (χ3n) is 3.74. The van der Waals surface area contributed by atoms with Crippen molar-refractivity contribution in [3.05, 3.63) is 70.5 Å². The Bertz CT molecular complexity index is 1020. The van der Waals surface area contributed by atoms with Gasteiger partial charge in [-0.3, -0.25) is 9.59 Å². The molecule has 0 aliphatic rings. The number of carbonyl (C=O) groups excluding carboxylic acids is 1. The standard InChI is InChI=1S/C18H13F3N2O3/c1-23-15-5-3-2-4-13(15)14(10-16(23)24)17(25)22-11-6-8-12(9-7-11)26-18(19,20)21/h2-10H,1H3,(H,22,25). The van der Waals surface area contributed by atoms with Gasteiger partial charge in [-0.05, 0) is 30.3 Å². The predicted octanol–water partition coefficient (Wildman–Crippen LogP) is 3.69. The second-order valence-corrected chi connectivity index (χ2v) is 5.50. The number of aromatic nitrogens is 1. The van der Waals surface area contributed by atoms with Gasteiger partial charge in [0.05, 0.1) is 11.1 Å². The Kier molecular flexibility index (Phi) is 4.41. The number of anilines is 1. The molecule has 1 aromatic heterocycles. The number of benzene rings is 2. The van der Waals surface area contributed by atoms with Crippen LogP contribution < -0.4 is 15.6 Å². The number of para-hydroxylation sites is 1. The molecule has 0 aliphatic carbocycles. The molecular formula is C18H13F3N2O3. The summed E-state index contributed by atoms with van der Waals surface area (Å²) in [5.74, 6) is -0.932. The van der Waals surface area contributed by atoms with Gasteiger partial charge in [0, 0.05) is 24.2 Å². The maximum Gasteiger partial charge on any atom is 0.573 e. The Morgan fingerprint density at radius 2 is 1.73 bits per heavy atom. The largest absolute Gasteiger partial charge is 0.573 e. The zero-order valence-electron chi connectivity index (χ0n) is 13.5. The molecule has 8 heteroatoms. The summed E-state index contributed by atoms with van der Waals surface area (Å²) in [4.78, 5) is 24.6. The number of fused-ring (bicyclic) bond motifs is 1. The van der Waals surface area contributed by atoms with Gasteiger partial charge in [0.2, 0.25) is 0 Å². The van der Waals surface area contributed by atoms with Crippen LogP contribution >= 0.6 is 0 Å². The van der Waals surface area contributed by atoms with E-state index in [1.54, 1.807) is 31.3 Å². The molecule has 1 amide bonds. The summed E-state index contributed by atoms with van der Waals surface area (Å²) in [5.41, 5.74) is 0.704. The van der Waals surface area contributed by atoms with Crippen molar-refractivity contribution in [1.29, 1.82) is 0 Å². The zero-order chi connectivity index (χ0) is 18.9. The van der Waals surface area contributed by atoms with E-state index >= 15 is 0 Å². The van der Waals surface area contributed by atoms with Crippen LogP contribution in [0.5, 0.6) is 5.75 Å². The molecule has 0 fully saturated rings. The van der Waals surface area contributed by atoms with Gasteiger partial charge in [-0.25, -0.2) is 0 Å². The third kappa shape index (κ3) is 3.69. The highest BCUT2D eigenvalue weighted by atomic mass is 19.4. The maximum absolute atomic E-state index is 12.5. The number of ether oxygens (including phenoxy) is 1. The van der Waals surface area contributed by atoms with E-state index < -0.39 is 18.0 Å². The lowest BCUT2D eigenvalue weighted by atomic mass is 10.1. The molecule has 26 heavy (non-hydrogen) atoms. The number of aryl methyl sites for hydroxylation is 1. The highest BCUT2D eigenvalue weighted by Crippen LogP contribution is 2.24. The van der Waals surface area contributed by atoms with Gasteiger partial charge < -0.3 is 14.6 Å². The molecule has 1 heterocycles.